The van der Waals surface area contributed by atoms with E-state index in [9.17, 15) is 18.0 Å². The lowest BCUT2D eigenvalue weighted by Crippen LogP contribution is -2.28. The predicted octanol–water partition coefficient (Wildman–Crippen LogP) is 2.85. The summed E-state index contributed by atoms with van der Waals surface area (Å²) in [5, 5.41) is 2.76. The van der Waals surface area contributed by atoms with Crippen LogP contribution >= 0.6 is 11.8 Å². The molecule has 170 valence electrons. The quantitative estimate of drug-likeness (QED) is 0.569. The van der Waals surface area contributed by atoms with Crippen molar-refractivity contribution in [2.24, 2.45) is 5.92 Å². The first-order valence-corrected chi connectivity index (χ1v) is 13.0. The standard InChI is InChI=1S/C22H25N3O5S2/c1-30-20-10-9-18(32(28,29)24-15-3-4-15)12-19(20)23-22(27)14-11-21(26)25(13-14)16-5-7-17(31-2)8-6-16/h5-10,12,14-15,24H,3-4,11,13H2,1-2H3,(H,23,27). The number of sulfonamides is 1. The highest BCUT2D eigenvalue weighted by molar-refractivity contribution is 7.98. The monoisotopic (exact) mass is 475 g/mol. The fourth-order valence-electron chi connectivity index (χ4n) is 3.57. The van der Waals surface area contributed by atoms with Crippen LogP contribution in [0.25, 0.3) is 0 Å². The summed E-state index contributed by atoms with van der Waals surface area (Å²) in [6, 6.07) is 11.9. The summed E-state index contributed by atoms with van der Waals surface area (Å²) in [6.07, 6.45) is 3.71. The molecule has 1 aliphatic carbocycles. The van der Waals surface area contributed by atoms with Crippen LogP contribution in [0.2, 0.25) is 0 Å². The topological polar surface area (TPSA) is 105 Å². The van der Waals surface area contributed by atoms with E-state index in [1.807, 2.05) is 30.5 Å². The lowest BCUT2D eigenvalue weighted by Gasteiger charge is -2.18. The Balaban J connectivity index is 1.49. The Kier molecular flexibility index (Phi) is 6.45. The molecule has 1 saturated carbocycles. The first kappa shape index (κ1) is 22.6. The Hall–Kier alpha value is -2.56. The Morgan fingerprint density at radius 2 is 1.88 bits per heavy atom. The molecule has 2 amide bonds. The van der Waals surface area contributed by atoms with Crippen molar-refractivity contribution in [2.75, 3.05) is 30.1 Å². The van der Waals surface area contributed by atoms with Gasteiger partial charge in [-0.15, -0.1) is 11.8 Å². The molecule has 2 aromatic carbocycles. The number of hydrogen-bond acceptors (Lipinski definition) is 6. The summed E-state index contributed by atoms with van der Waals surface area (Å²) in [6.45, 7) is 0.257. The Bertz CT molecular complexity index is 1130. The largest absolute Gasteiger partial charge is 0.495 e. The molecule has 0 aromatic heterocycles. The van der Waals surface area contributed by atoms with E-state index < -0.39 is 15.9 Å². The zero-order valence-corrected chi connectivity index (χ0v) is 19.5. The van der Waals surface area contributed by atoms with Crippen molar-refractivity contribution < 1.29 is 22.7 Å². The number of rotatable bonds is 8. The average molecular weight is 476 g/mol. The Morgan fingerprint density at radius 1 is 1.16 bits per heavy atom. The minimum absolute atomic E-state index is 0.0272. The third-order valence-electron chi connectivity index (χ3n) is 5.52. The van der Waals surface area contributed by atoms with Crippen molar-refractivity contribution in [3.63, 3.8) is 0 Å². The number of nitrogens with one attached hydrogen (secondary N) is 2. The molecule has 1 unspecified atom stereocenters. The van der Waals surface area contributed by atoms with Gasteiger partial charge in [-0.2, -0.15) is 0 Å². The summed E-state index contributed by atoms with van der Waals surface area (Å²) in [5.74, 6) is -0.696. The highest BCUT2D eigenvalue weighted by atomic mass is 32.2. The highest BCUT2D eigenvalue weighted by Gasteiger charge is 2.35. The molecule has 2 aromatic rings. The lowest BCUT2D eigenvalue weighted by molar-refractivity contribution is -0.122. The second kappa shape index (κ2) is 9.13. The van der Waals surface area contributed by atoms with Gasteiger partial charge in [0.2, 0.25) is 21.8 Å². The molecule has 2 aliphatic rings. The van der Waals surface area contributed by atoms with Crippen LogP contribution in [0.5, 0.6) is 5.75 Å². The predicted molar refractivity (Wildman–Crippen MR) is 124 cm³/mol. The molecule has 2 fully saturated rings. The van der Waals surface area contributed by atoms with Gasteiger partial charge in [-0.3, -0.25) is 9.59 Å². The van der Waals surface area contributed by atoms with Gasteiger partial charge in [-0.1, -0.05) is 0 Å². The van der Waals surface area contributed by atoms with Gasteiger partial charge in [0.1, 0.15) is 5.75 Å². The van der Waals surface area contributed by atoms with E-state index in [-0.39, 0.29) is 41.4 Å². The molecule has 1 aliphatic heterocycles. The first-order chi connectivity index (χ1) is 15.3. The maximum Gasteiger partial charge on any atom is 0.240 e. The van der Waals surface area contributed by atoms with Crippen LogP contribution in [0.4, 0.5) is 11.4 Å². The second-order valence-electron chi connectivity index (χ2n) is 7.85. The van der Waals surface area contributed by atoms with Crippen LogP contribution in [0.15, 0.2) is 52.3 Å². The second-order valence-corrected chi connectivity index (χ2v) is 10.4. The van der Waals surface area contributed by atoms with Gasteiger partial charge < -0.3 is 15.0 Å². The minimum atomic E-state index is -3.68. The van der Waals surface area contributed by atoms with Gasteiger partial charge in [0.05, 0.1) is 23.6 Å². The van der Waals surface area contributed by atoms with Gasteiger partial charge in [-0.25, -0.2) is 13.1 Å². The van der Waals surface area contributed by atoms with E-state index in [4.69, 9.17) is 4.74 Å². The molecular weight excluding hydrogens is 450 g/mol. The number of methoxy groups -OCH3 is 1. The normalized spacial score (nSPS) is 18.6. The summed E-state index contributed by atoms with van der Waals surface area (Å²) < 4.78 is 33.0. The molecule has 1 atom stereocenters. The molecule has 4 rings (SSSR count). The highest BCUT2D eigenvalue weighted by Crippen LogP contribution is 2.32. The Morgan fingerprint density at radius 3 is 2.50 bits per heavy atom. The molecule has 10 heteroatoms. The number of anilines is 2. The molecule has 0 spiro atoms. The molecule has 8 nitrogen and oxygen atoms in total. The van der Waals surface area contributed by atoms with Crippen LogP contribution in [0.3, 0.4) is 0 Å². The van der Waals surface area contributed by atoms with E-state index in [1.165, 1.54) is 25.3 Å². The minimum Gasteiger partial charge on any atom is -0.495 e. The number of carbonyl (C=O) groups is 2. The SMILES string of the molecule is COc1ccc(S(=O)(=O)NC2CC2)cc1NC(=O)C1CC(=O)N(c2ccc(SC)cc2)C1. The summed E-state index contributed by atoms with van der Waals surface area (Å²) in [7, 11) is -2.23. The molecule has 1 saturated heterocycles. The van der Waals surface area contributed by atoms with Crippen LogP contribution < -0.4 is 19.7 Å². The van der Waals surface area contributed by atoms with Crippen molar-refractivity contribution in [2.45, 2.75) is 35.1 Å². The smallest absolute Gasteiger partial charge is 0.240 e. The first-order valence-electron chi connectivity index (χ1n) is 10.3. The number of thioether (sulfide) groups is 1. The molecule has 32 heavy (non-hydrogen) atoms. The van der Waals surface area contributed by atoms with E-state index in [0.717, 1.165) is 23.4 Å². The van der Waals surface area contributed by atoms with E-state index in [1.54, 1.807) is 16.7 Å². The van der Waals surface area contributed by atoms with E-state index >= 15 is 0 Å². The van der Waals surface area contributed by atoms with Gasteiger partial charge in [-0.05, 0) is 61.6 Å². The van der Waals surface area contributed by atoms with Gasteiger partial charge in [0, 0.05) is 29.6 Å². The van der Waals surface area contributed by atoms with E-state index in [2.05, 4.69) is 10.0 Å². The van der Waals surface area contributed by atoms with Crippen molar-refractivity contribution >= 4 is 45.0 Å². The van der Waals surface area contributed by atoms with Crippen LogP contribution in [0, 0.1) is 5.92 Å². The maximum absolute atomic E-state index is 12.9. The molecule has 0 bridgehead atoms. The van der Waals surface area contributed by atoms with Gasteiger partial charge in [0.25, 0.3) is 0 Å². The zero-order valence-electron chi connectivity index (χ0n) is 17.8. The van der Waals surface area contributed by atoms with Crippen molar-refractivity contribution in [3.8, 4) is 5.75 Å². The maximum atomic E-state index is 12.9. The van der Waals surface area contributed by atoms with Gasteiger partial charge in [0.15, 0.2) is 0 Å². The lowest BCUT2D eigenvalue weighted by atomic mass is 10.1. The number of hydrogen-bond donors (Lipinski definition) is 2. The van der Waals surface area contributed by atoms with Crippen LogP contribution in [-0.4, -0.2) is 46.2 Å². The average Bonchev–Trinajstić information content (AvgIpc) is 3.50. The third-order valence-corrected chi connectivity index (χ3v) is 7.78. The molecular formula is C22H25N3O5S2. The fourth-order valence-corrected chi connectivity index (χ4v) is 5.31. The van der Waals surface area contributed by atoms with E-state index in [0.29, 0.717) is 5.75 Å². The molecule has 0 radical (unpaired) electrons. The Labute approximate surface area is 191 Å². The summed E-state index contributed by atoms with van der Waals surface area (Å²) in [4.78, 5) is 28.2. The van der Waals surface area contributed by atoms with Crippen molar-refractivity contribution in [1.29, 1.82) is 0 Å². The number of nitrogens with zero attached hydrogens (tertiary/aromatic N) is 1. The number of benzene rings is 2. The number of carbonyl (C=O) groups excluding carboxylic acids is 2. The summed E-state index contributed by atoms with van der Waals surface area (Å²) >= 11 is 1.61. The van der Waals surface area contributed by atoms with Crippen molar-refractivity contribution in [1.82, 2.24) is 4.72 Å². The summed E-state index contributed by atoms with van der Waals surface area (Å²) in [5.41, 5.74) is 1.01. The van der Waals surface area contributed by atoms with Gasteiger partial charge >= 0.3 is 0 Å². The van der Waals surface area contributed by atoms with Crippen LogP contribution in [-0.2, 0) is 19.6 Å². The number of amides is 2. The van der Waals surface area contributed by atoms with Crippen molar-refractivity contribution in [3.05, 3.63) is 42.5 Å². The van der Waals surface area contributed by atoms with Crippen LogP contribution in [0.1, 0.15) is 19.3 Å². The molecule has 2 N–H and O–H groups in total. The third kappa shape index (κ3) is 4.92. The fraction of sp³-hybridized carbons (Fsp3) is 0.364. The number of ether oxygens (including phenoxy) is 1. The molecule has 1 heterocycles. The zero-order chi connectivity index (χ0) is 22.9.